The lowest BCUT2D eigenvalue weighted by atomic mass is 10.3. The van der Waals surface area contributed by atoms with Crippen LogP contribution in [0.25, 0.3) is 0 Å². The minimum Gasteiger partial charge on any atom is -0.349 e. The maximum Gasteiger partial charge on any atom is 0.283 e. The van der Waals surface area contributed by atoms with Gasteiger partial charge in [-0.2, -0.15) is 10.2 Å². The van der Waals surface area contributed by atoms with Crippen LogP contribution in [0.4, 0.5) is 17.6 Å². The minimum absolute atomic E-state index is 0.0759. The van der Waals surface area contributed by atoms with Gasteiger partial charge in [0.25, 0.3) is 12.9 Å². The van der Waals surface area contributed by atoms with E-state index in [1.54, 1.807) is 16.9 Å². The number of hydrogen-bond donors (Lipinski definition) is 1. The van der Waals surface area contributed by atoms with Crippen molar-refractivity contribution in [1.82, 2.24) is 24.9 Å². The van der Waals surface area contributed by atoms with E-state index >= 15 is 0 Å². The molecule has 0 aromatic carbocycles. The van der Waals surface area contributed by atoms with Gasteiger partial charge in [0.2, 0.25) is 5.91 Å². The molecule has 0 spiro atoms. The summed E-state index contributed by atoms with van der Waals surface area (Å²) in [5.74, 6) is -0.678. The zero-order chi connectivity index (χ0) is 17.9. The fraction of sp³-hybridized carbons (Fsp3) is 0.462. The van der Waals surface area contributed by atoms with Crippen LogP contribution in [0, 0.1) is 0 Å². The molecule has 0 atom stereocenters. The Morgan fingerprint density at radius 3 is 2.54 bits per heavy atom. The van der Waals surface area contributed by atoms with Gasteiger partial charge in [-0.25, -0.2) is 17.6 Å². The highest BCUT2D eigenvalue weighted by molar-refractivity contribution is 6.32. The van der Waals surface area contributed by atoms with Crippen LogP contribution in [0.2, 0.25) is 5.02 Å². The van der Waals surface area contributed by atoms with Crippen molar-refractivity contribution in [3.63, 3.8) is 0 Å². The summed E-state index contributed by atoms with van der Waals surface area (Å²) in [4.78, 5) is 11.8. The van der Waals surface area contributed by atoms with Crippen LogP contribution in [0.1, 0.15) is 36.9 Å². The quantitative estimate of drug-likeness (QED) is 0.765. The Morgan fingerprint density at radius 2 is 2.00 bits per heavy atom. The van der Waals surface area contributed by atoms with E-state index in [0.29, 0.717) is 16.9 Å². The smallest absolute Gasteiger partial charge is 0.283 e. The third kappa shape index (κ3) is 4.05. The summed E-state index contributed by atoms with van der Waals surface area (Å²) in [6, 6.07) is 1.69. The first-order valence-electron chi connectivity index (χ1n) is 6.94. The molecule has 2 heterocycles. The van der Waals surface area contributed by atoms with Gasteiger partial charge in [-0.15, -0.1) is 0 Å². The Morgan fingerprint density at radius 1 is 1.29 bits per heavy atom. The second-order valence-electron chi connectivity index (χ2n) is 4.78. The summed E-state index contributed by atoms with van der Waals surface area (Å²) in [5, 5.41) is 9.08. The number of nitrogens with one attached hydrogen (secondary N) is 1. The summed E-state index contributed by atoms with van der Waals surface area (Å²) >= 11 is 5.51. The maximum atomic E-state index is 13.0. The Balaban J connectivity index is 2.06. The van der Waals surface area contributed by atoms with Gasteiger partial charge in [0.1, 0.15) is 17.9 Å². The second kappa shape index (κ2) is 7.65. The molecule has 2 aromatic rings. The third-order valence-corrected chi connectivity index (χ3v) is 3.54. The number of hydrogen-bond acceptors (Lipinski definition) is 3. The van der Waals surface area contributed by atoms with E-state index in [1.807, 2.05) is 6.92 Å². The average Bonchev–Trinajstić information content (AvgIpc) is 3.09. The van der Waals surface area contributed by atoms with Crippen LogP contribution in [0.15, 0.2) is 12.3 Å². The van der Waals surface area contributed by atoms with Crippen LogP contribution in [-0.2, 0) is 24.4 Å². The Bertz CT molecular complexity index is 715. The summed E-state index contributed by atoms with van der Waals surface area (Å²) < 4.78 is 53.5. The molecule has 1 N–H and O–H groups in total. The molecule has 24 heavy (non-hydrogen) atoms. The number of aryl methyl sites for hydroxylation is 1. The molecule has 0 aliphatic heterocycles. The molecular weight excluding hydrogens is 354 g/mol. The number of amides is 1. The lowest BCUT2D eigenvalue weighted by molar-refractivity contribution is -0.122. The summed E-state index contributed by atoms with van der Waals surface area (Å²) in [6.07, 6.45) is -4.53. The predicted octanol–water partition coefficient (Wildman–Crippen LogP) is 2.94. The van der Waals surface area contributed by atoms with E-state index in [0.717, 1.165) is 0 Å². The van der Waals surface area contributed by atoms with Crippen molar-refractivity contribution >= 4 is 17.5 Å². The third-order valence-electron chi connectivity index (χ3n) is 3.15. The van der Waals surface area contributed by atoms with Gasteiger partial charge < -0.3 is 5.32 Å². The molecule has 0 saturated heterocycles. The van der Waals surface area contributed by atoms with E-state index in [1.165, 1.54) is 0 Å². The summed E-state index contributed by atoms with van der Waals surface area (Å²) in [6.45, 7) is 1.98. The van der Waals surface area contributed by atoms with Gasteiger partial charge >= 0.3 is 0 Å². The molecule has 0 bridgehead atoms. The van der Waals surface area contributed by atoms with Gasteiger partial charge in [-0.1, -0.05) is 11.6 Å². The van der Waals surface area contributed by atoms with Crippen molar-refractivity contribution in [1.29, 1.82) is 0 Å². The van der Waals surface area contributed by atoms with E-state index in [4.69, 9.17) is 11.6 Å². The fourth-order valence-corrected chi connectivity index (χ4v) is 2.30. The van der Waals surface area contributed by atoms with Crippen LogP contribution in [0.5, 0.6) is 0 Å². The fourth-order valence-electron chi connectivity index (χ4n) is 2.00. The van der Waals surface area contributed by atoms with Gasteiger partial charge in [-0.3, -0.25) is 14.2 Å². The lowest BCUT2D eigenvalue weighted by Crippen LogP contribution is -2.28. The van der Waals surface area contributed by atoms with Crippen LogP contribution in [-0.4, -0.2) is 25.5 Å². The number of rotatable bonds is 7. The van der Waals surface area contributed by atoms with Crippen LogP contribution >= 0.6 is 11.6 Å². The summed E-state index contributed by atoms with van der Waals surface area (Å²) in [5.41, 5.74) is -1.30. The molecule has 0 fully saturated rings. The van der Waals surface area contributed by atoms with Crippen LogP contribution in [0.3, 0.4) is 0 Å². The van der Waals surface area contributed by atoms with Crippen molar-refractivity contribution < 1.29 is 22.4 Å². The number of carbonyl (C=O) groups excluding carboxylic acids is 1. The predicted molar refractivity (Wildman–Crippen MR) is 76.9 cm³/mol. The zero-order valence-corrected chi connectivity index (χ0v) is 13.3. The zero-order valence-electron chi connectivity index (χ0n) is 12.5. The van der Waals surface area contributed by atoms with Gasteiger partial charge in [0.15, 0.2) is 0 Å². The Kier molecular flexibility index (Phi) is 5.81. The topological polar surface area (TPSA) is 64.7 Å². The first-order chi connectivity index (χ1) is 11.3. The number of carbonyl (C=O) groups is 1. The number of halogens is 5. The first-order valence-corrected chi connectivity index (χ1v) is 7.32. The van der Waals surface area contributed by atoms with E-state index in [-0.39, 0.29) is 6.54 Å². The highest BCUT2D eigenvalue weighted by Gasteiger charge is 2.28. The maximum absolute atomic E-state index is 13.0. The Labute approximate surface area is 139 Å². The highest BCUT2D eigenvalue weighted by atomic mass is 35.5. The molecular formula is C13H14ClF4N5O. The molecule has 2 aromatic heterocycles. The van der Waals surface area contributed by atoms with Crippen molar-refractivity contribution in [3.05, 3.63) is 34.4 Å². The molecule has 11 heteroatoms. The number of aromatic nitrogens is 4. The van der Waals surface area contributed by atoms with Crippen molar-refractivity contribution in [3.8, 4) is 0 Å². The van der Waals surface area contributed by atoms with E-state index in [9.17, 15) is 22.4 Å². The number of nitrogens with zero attached hydrogens (tertiary/aromatic N) is 4. The second-order valence-corrected chi connectivity index (χ2v) is 5.16. The van der Waals surface area contributed by atoms with Crippen molar-refractivity contribution in [2.24, 2.45) is 0 Å². The van der Waals surface area contributed by atoms with Gasteiger partial charge in [0, 0.05) is 12.7 Å². The molecule has 0 aliphatic carbocycles. The van der Waals surface area contributed by atoms with Crippen molar-refractivity contribution in [2.75, 3.05) is 0 Å². The minimum atomic E-state index is -3.13. The molecule has 0 saturated carbocycles. The largest absolute Gasteiger partial charge is 0.349 e. The molecule has 6 nitrogen and oxygen atoms in total. The standard InChI is InChI=1S/C13H14ClF4N5O/c1-2-22-4-3-7(20-22)5-19-8(24)6-23-11(13(17)18)9(14)10(21-23)12(15)16/h3-4,12-13H,2,5-6H2,1H3,(H,19,24). The first kappa shape index (κ1) is 18.2. The molecule has 0 radical (unpaired) electrons. The normalized spacial score (nSPS) is 11.5. The molecule has 2 rings (SSSR count). The van der Waals surface area contributed by atoms with Gasteiger partial charge in [-0.05, 0) is 13.0 Å². The van der Waals surface area contributed by atoms with E-state index in [2.05, 4.69) is 15.5 Å². The SMILES string of the molecule is CCn1ccc(CNC(=O)Cn2nc(C(F)F)c(Cl)c2C(F)F)n1. The summed E-state index contributed by atoms with van der Waals surface area (Å²) in [7, 11) is 0. The highest BCUT2D eigenvalue weighted by Crippen LogP contribution is 2.34. The van der Waals surface area contributed by atoms with Crippen molar-refractivity contribution in [2.45, 2.75) is 39.4 Å². The monoisotopic (exact) mass is 367 g/mol. The van der Waals surface area contributed by atoms with E-state index < -0.39 is 41.7 Å². The molecule has 132 valence electrons. The van der Waals surface area contributed by atoms with Gasteiger partial charge in [0.05, 0.1) is 17.3 Å². The molecule has 0 aliphatic rings. The molecule has 1 amide bonds. The molecule has 0 unspecified atom stereocenters. The average molecular weight is 368 g/mol. The van der Waals surface area contributed by atoms with Crippen LogP contribution < -0.4 is 5.32 Å². The lowest BCUT2D eigenvalue weighted by Gasteiger charge is -2.07. The number of alkyl halides is 4. The Hall–Kier alpha value is -2.10.